The number of thiophene rings is 1. The molecule has 0 fully saturated rings. The fourth-order valence-corrected chi connectivity index (χ4v) is 4.27. The van der Waals surface area contributed by atoms with Gasteiger partial charge in [-0.2, -0.15) is 0 Å². The summed E-state index contributed by atoms with van der Waals surface area (Å²) in [5.74, 6) is 0.121. The summed E-state index contributed by atoms with van der Waals surface area (Å²) in [6.45, 7) is 0. The zero-order valence-corrected chi connectivity index (χ0v) is 14.9. The molecule has 22 heavy (non-hydrogen) atoms. The van der Waals surface area contributed by atoms with E-state index in [1.54, 1.807) is 35.6 Å². The Morgan fingerprint density at radius 1 is 0.818 bits per heavy atom. The number of phenols is 2. The van der Waals surface area contributed by atoms with Crippen LogP contribution in [0.4, 0.5) is 0 Å². The second-order valence-electron chi connectivity index (χ2n) is 4.62. The van der Waals surface area contributed by atoms with Crippen molar-refractivity contribution in [3.8, 4) is 32.4 Å². The summed E-state index contributed by atoms with van der Waals surface area (Å²) >= 11 is 17.1. The molecule has 6 heteroatoms. The highest BCUT2D eigenvalue weighted by molar-refractivity contribution is 9.10. The van der Waals surface area contributed by atoms with E-state index in [1.165, 1.54) is 0 Å². The monoisotopic (exact) mass is 414 g/mol. The molecule has 112 valence electrons. The molecule has 0 saturated heterocycles. The van der Waals surface area contributed by atoms with E-state index < -0.39 is 0 Å². The zero-order chi connectivity index (χ0) is 15.9. The number of hydrogen-bond donors (Lipinski definition) is 2. The average molecular weight is 416 g/mol. The molecule has 3 aromatic rings. The van der Waals surface area contributed by atoms with Crippen molar-refractivity contribution >= 4 is 50.5 Å². The summed E-state index contributed by atoms with van der Waals surface area (Å²) in [5.41, 5.74) is 1.83. The zero-order valence-electron chi connectivity index (χ0n) is 11.0. The van der Waals surface area contributed by atoms with Gasteiger partial charge in [0.2, 0.25) is 0 Å². The Balaban J connectivity index is 2.06. The predicted molar refractivity (Wildman–Crippen MR) is 96.2 cm³/mol. The largest absolute Gasteiger partial charge is 0.506 e. The molecule has 1 aromatic heterocycles. The molecule has 0 radical (unpaired) electrons. The van der Waals surface area contributed by atoms with Gasteiger partial charge in [0.1, 0.15) is 11.5 Å². The molecule has 2 aromatic carbocycles. The van der Waals surface area contributed by atoms with Crippen LogP contribution < -0.4 is 0 Å². The molecule has 2 N–H and O–H groups in total. The van der Waals surface area contributed by atoms with Crippen LogP contribution in [0.5, 0.6) is 11.5 Å². The maximum Gasteiger partial charge on any atom is 0.134 e. The standard InChI is InChI=1S/C16H9BrCl2O2S/c17-10-7-15(8-1-3-13(20)11(18)5-8)22-16(10)9-2-4-14(21)12(19)6-9/h1-7,20-21H. The van der Waals surface area contributed by atoms with Crippen LogP contribution in [0.15, 0.2) is 46.9 Å². The lowest BCUT2D eigenvalue weighted by atomic mass is 10.1. The molecule has 0 atom stereocenters. The summed E-state index contributed by atoms with van der Waals surface area (Å²) in [5, 5.41) is 19.7. The van der Waals surface area contributed by atoms with Crippen LogP contribution in [0, 0.1) is 0 Å². The maximum absolute atomic E-state index is 9.52. The third-order valence-electron chi connectivity index (χ3n) is 3.13. The Kier molecular flexibility index (Phi) is 4.37. The molecule has 0 spiro atoms. The van der Waals surface area contributed by atoms with Gasteiger partial charge >= 0.3 is 0 Å². The van der Waals surface area contributed by atoms with Crippen molar-refractivity contribution in [3.05, 3.63) is 57.0 Å². The smallest absolute Gasteiger partial charge is 0.134 e. The topological polar surface area (TPSA) is 40.5 Å². The third-order valence-corrected chi connectivity index (χ3v) is 5.86. The molecule has 0 bridgehead atoms. The van der Waals surface area contributed by atoms with Gasteiger partial charge in [0.15, 0.2) is 0 Å². The predicted octanol–water partition coefficient (Wildman–Crippen LogP) is 6.56. The molecule has 3 rings (SSSR count). The first-order chi connectivity index (χ1) is 10.5. The Morgan fingerprint density at radius 2 is 1.36 bits per heavy atom. The first-order valence-electron chi connectivity index (χ1n) is 6.23. The van der Waals surface area contributed by atoms with Gasteiger partial charge < -0.3 is 10.2 Å². The minimum atomic E-state index is 0.0589. The number of benzene rings is 2. The average Bonchev–Trinajstić information content (AvgIpc) is 2.87. The van der Waals surface area contributed by atoms with Crippen molar-refractivity contribution in [1.82, 2.24) is 0 Å². The highest BCUT2D eigenvalue weighted by Gasteiger charge is 2.13. The molecule has 0 unspecified atom stereocenters. The van der Waals surface area contributed by atoms with Crippen LogP contribution >= 0.6 is 50.5 Å². The minimum Gasteiger partial charge on any atom is -0.506 e. The number of rotatable bonds is 2. The Labute approximate surface area is 149 Å². The number of phenolic OH excluding ortho intramolecular Hbond substituents is 2. The van der Waals surface area contributed by atoms with Crippen molar-refractivity contribution in [1.29, 1.82) is 0 Å². The summed E-state index contributed by atoms with van der Waals surface area (Å²) in [6, 6.07) is 12.2. The third kappa shape index (κ3) is 2.97. The van der Waals surface area contributed by atoms with E-state index in [9.17, 15) is 10.2 Å². The number of halogens is 3. The lowest BCUT2D eigenvalue weighted by Gasteiger charge is -2.02. The first kappa shape index (κ1) is 15.7. The van der Waals surface area contributed by atoms with Crippen LogP contribution in [-0.2, 0) is 0 Å². The van der Waals surface area contributed by atoms with Crippen molar-refractivity contribution < 1.29 is 10.2 Å². The molecule has 2 nitrogen and oxygen atoms in total. The fourth-order valence-electron chi connectivity index (χ4n) is 2.02. The van der Waals surface area contributed by atoms with Gasteiger partial charge in [-0.05, 0) is 69.5 Å². The van der Waals surface area contributed by atoms with Gasteiger partial charge in [-0.1, -0.05) is 23.2 Å². The van der Waals surface area contributed by atoms with E-state index in [4.69, 9.17) is 23.2 Å². The highest BCUT2D eigenvalue weighted by Crippen LogP contribution is 2.43. The van der Waals surface area contributed by atoms with Crippen LogP contribution in [0.2, 0.25) is 10.0 Å². The normalized spacial score (nSPS) is 10.9. The van der Waals surface area contributed by atoms with Crippen LogP contribution in [0.1, 0.15) is 0 Å². The molecule has 0 aliphatic rings. The van der Waals surface area contributed by atoms with Gasteiger partial charge in [-0.15, -0.1) is 11.3 Å². The van der Waals surface area contributed by atoms with Crippen LogP contribution in [0.25, 0.3) is 20.9 Å². The number of aromatic hydroxyl groups is 2. The Bertz CT molecular complexity index is 861. The molecule has 1 heterocycles. The first-order valence-corrected chi connectivity index (χ1v) is 8.59. The van der Waals surface area contributed by atoms with E-state index >= 15 is 0 Å². The van der Waals surface area contributed by atoms with Crippen molar-refractivity contribution in [2.75, 3.05) is 0 Å². The quantitative estimate of drug-likeness (QED) is 0.497. The molecular weight excluding hydrogens is 407 g/mol. The maximum atomic E-state index is 9.52. The van der Waals surface area contributed by atoms with E-state index in [-0.39, 0.29) is 11.5 Å². The number of hydrogen-bond acceptors (Lipinski definition) is 3. The molecular formula is C16H9BrCl2O2S. The second-order valence-corrected chi connectivity index (χ2v) is 7.34. The SMILES string of the molecule is Oc1ccc(-c2cc(Br)c(-c3ccc(O)c(Cl)c3)s2)cc1Cl. The van der Waals surface area contributed by atoms with E-state index in [2.05, 4.69) is 15.9 Å². The van der Waals surface area contributed by atoms with E-state index in [0.29, 0.717) is 10.0 Å². The lowest BCUT2D eigenvalue weighted by molar-refractivity contribution is 0.475. The van der Waals surface area contributed by atoms with Gasteiger partial charge in [-0.25, -0.2) is 0 Å². The van der Waals surface area contributed by atoms with E-state index in [1.807, 2.05) is 18.2 Å². The van der Waals surface area contributed by atoms with Gasteiger partial charge in [0.05, 0.1) is 10.0 Å². The highest BCUT2D eigenvalue weighted by atomic mass is 79.9. The molecule has 0 amide bonds. The van der Waals surface area contributed by atoms with Crippen molar-refractivity contribution in [2.24, 2.45) is 0 Å². The molecule has 0 saturated carbocycles. The minimum absolute atomic E-state index is 0.0589. The van der Waals surface area contributed by atoms with Gasteiger partial charge in [0.25, 0.3) is 0 Å². The summed E-state index contributed by atoms with van der Waals surface area (Å²) in [6.07, 6.45) is 0. The van der Waals surface area contributed by atoms with Crippen LogP contribution in [-0.4, -0.2) is 10.2 Å². The Morgan fingerprint density at radius 3 is 1.95 bits per heavy atom. The lowest BCUT2D eigenvalue weighted by Crippen LogP contribution is -1.74. The second kappa shape index (κ2) is 6.13. The van der Waals surface area contributed by atoms with Gasteiger partial charge in [-0.3, -0.25) is 0 Å². The summed E-state index contributed by atoms with van der Waals surface area (Å²) in [7, 11) is 0. The van der Waals surface area contributed by atoms with Gasteiger partial charge in [0, 0.05) is 14.2 Å². The molecule has 0 aliphatic heterocycles. The van der Waals surface area contributed by atoms with E-state index in [0.717, 1.165) is 25.4 Å². The summed E-state index contributed by atoms with van der Waals surface area (Å²) in [4.78, 5) is 2.01. The summed E-state index contributed by atoms with van der Waals surface area (Å²) < 4.78 is 0.929. The van der Waals surface area contributed by atoms with Crippen LogP contribution in [0.3, 0.4) is 0 Å². The fraction of sp³-hybridized carbons (Fsp3) is 0. The Hall–Kier alpha value is -1.20. The van der Waals surface area contributed by atoms with Crippen molar-refractivity contribution in [2.45, 2.75) is 0 Å². The van der Waals surface area contributed by atoms with Crippen molar-refractivity contribution in [3.63, 3.8) is 0 Å². The molecule has 0 aliphatic carbocycles.